The van der Waals surface area contributed by atoms with Crippen LogP contribution in [-0.4, -0.2) is 58.8 Å². The van der Waals surface area contributed by atoms with E-state index in [0.29, 0.717) is 30.2 Å². The van der Waals surface area contributed by atoms with Gasteiger partial charge in [0.15, 0.2) is 5.82 Å². The van der Waals surface area contributed by atoms with Gasteiger partial charge in [-0.15, -0.1) is 0 Å². The van der Waals surface area contributed by atoms with Crippen molar-refractivity contribution < 1.29 is 18.9 Å². The number of nitrogens with zero attached hydrogens (tertiary/aromatic N) is 4. The van der Waals surface area contributed by atoms with Crippen molar-refractivity contribution in [3.63, 3.8) is 0 Å². The zero-order valence-electron chi connectivity index (χ0n) is 20.2. The molecule has 34 heavy (non-hydrogen) atoms. The number of nitrogens with two attached hydrogens (primary N) is 1. The summed E-state index contributed by atoms with van der Waals surface area (Å²) in [6, 6.07) is 5.94. The molecule has 1 saturated heterocycles. The van der Waals surface area contributed by atoms with Crippen LogP contribution in [0.5, 0.6) is 0 Å². The van der Waals surface area contributed by atoms with Gasteiger partial charge in [0, 0.05) is 0 Å². The van der Waals surface area contributed by atoms with Crippen molar-refractivity contribution in [3.8, 4) is 6.07 Å². The predicted octanol–water partition coefficient (Wildman–Crippen LogP) is 3.33. The molecule has 9 nitrogen and oxygen atoms in total. The summed E-state index contributed by atoms with van der Waals surface area (Å²) in [5, 5.41) is 15.0. The van der Waals surface area contributed by atoms with E-state index in [1.54, 1.807) is 16.6 Å². The van der Waals surface area contributed by atoms with Gasteiger partial charge in [0.2, 0.25) is 5.60 Å². The summed E-state index contributed by atoms with van der Waals surface area (Å²) < 4.78 is 26.6. The largest absolute Gasteiger partial charge is 0.382 e. The van der Waals surface area contributed by atoms with Gasteiger partial charge < -0.3 is 24.7 Å². The molecule has 3 rings (SSSR count). The Hall–Kier alpha value is -3.03. The van der Waals surface area contributed by atoms with Crippen LogP contribution < -0.4 is 5.73 Å². The summed E-state index contributed by atoms with van der Waals surface area (Å²) in [6.45, 7) is 8.85. The van der Waals surface area contributed by atoms with Gasteiger partial charge in [-0.25, -0.2) is 9.50 Å². The molecule has 0 radical (unpaired) electrons. The highest BCUT2D eigenvalue weighted by Gasteiger charge is 2.67. The number of anilines is 1. The zero-order chi connectivity index (χ0) is 24.6. The third-order valence-electron chi connectivity index (χ3n) is 5.96. The average Bonchev–Trinajstić information content (AvgIpc) is 3.37. The quantitative estimate of drug-likeness (QED) is 0.395. The van der Waals surface area contributed by atoms with Gasteiger partial charge in [-0.05, 0) is 39.8 Å². The Morgan fingerprint density at radius 2 is 1.85 bits per heavy atom. The molecular weight excluding hydrogens is 434 g/mol. The van der Waals surface area contributed by atoms with Crippen LogP contribution >= 0.6 is 0 Å². The SMILES string of the molecule is C/C=C\COC[C@H]1O[C@@](C#N)(c2ccc3c(N)ncnn23)[C@](C)(OC/C=C/C)[C@@H]1OC/C=C\C. The summed E-state index contributed by atoms with van der Waals surface area (Å²) in [7, 11) is 0. The number of nitrogen functional groups attached to an aromatic ring is 1. The summed E-state index contributed by atoms with van der Waals surface area (Å²) in [4.78, 5) is 4.05. The maximum absolute atomic E-state index is 10.6. The second-order valence-corrected chi connectivity index (χ2v) is 8.03. The predicted molar refractivity (Wildman–Crippen MR) is 129 cm³/mol. The van der Waals surface area contributed by atoms with Gasteiger partial charge in [-0.2, -0.15) is 10.4 Å². The Morgan fingerprint density at radius 1 is 1.15 bits per heavy atom. The normalized spacial score (nSPS) is 27.5. The minimum atomic E-state index is -1.56. The van der Waals surface area contributed by atoms with Crippen molar-refractivity contribution in [2.45, 2.75) is 51.1 Å². The van der Waals surface area contributed by atoms with E-state index in [4.69, 9.17) is 24.7 Å². The number of aromatic nitrogens is 3. The van der Waals surface area contributed by atoms with Crippen LogP contribution in [0.1, 0.15) is 33.4 Å². The van der Waals surface area contributed by atoms with Gasteiger partial charge in [0.1, 0.15) is 35.7 Å². The van der Waals surface area contributed by atoms with Crippen molar-refractivity contribution >= 4 is 11.3 Å². The molecule has 1 aliphatic heterocycles. The molecule has 2 aromatic heterocycles. The van der Waals surface area contributed by atoms with Crippen LogP contribution in [0, 0.1) is 11.3 Å². The van der Waals surface area contributed by atoms with Crippen molar-refractivity contribution in [1.29, 1.82) is 5.26 Å². The van der Waals surface area contributed by atoms with Crippen LogP contribution in [0.15, 0.2) is 54.9 Å². The van der Waals surface area contributed by atoms with E-state index in [1.807, 2.05) is 64.2 Å². The van der Waals surface area contributed by atoms with Crippen molar-refractivity contribution in [2.24, 2.45) is 0 Å². The highest BCUT2D eigenvalue weighted by atomic mass is 16.6. The summed E-state index contributed by atoms with van der Waals surface area (Å²) >= 11 is 0. The second kappa shape index (κ2) is 11.4. The fourth-order valence-electron chi connectivity index (χ4n) is 4.18. The van der Waals surface area contributed by atoms with Crippen LogP contribution in [0.4, 0.5) is 5.82 Å². The fourth-order valence-corrected chi connectivity index (χ4v) is 4.18. The standard InChI is InChI=1S/C25H33N5O4/c1-5-8-13-31-16-20-22(32-14-9-6-2)24(4,33-15-10-7-3)25(17-26,34-20)21-12-11-19-23(27)28-18-29-30(19)21/h5-12,18,20,22H,13-16H2,1-4H3,(H2,27,28,29)/b8-5-,9-6-,10-7+/t20-,22-,24-,25+/m1/s1. The van der Waals surface area contributed by atoms with Gasteiger partial charge in [-0.1, -0.05) is 36.5 Å². The molecule has 0 bridgehead atoms. The minimum absolute atomic E-state index is 0.220. The molecule has 2 N–H and O–H groups in total. The van der Waals surface area contributed by atoms with Crippen LogP contribution in [0.2, 0.25) is 0 Å². The minimum Gasteiger partial charge on any atom is -0.382 e. The number of rotatable bonds is 11. The Morgan fingerprint density at radius 3 is 2.56 bits per heavy atom. The summed E-state index contributed by atoms with van der Waals surface area (Å²) in [5.74, 6) is 0.302. The lowest BCUT2D eigenvalue weighted by atomic mass is 9.79. The number of nitriles is 1. The Balaban J connectivity index is 2.13. The first-order valence-corrected chi connectivity index (χ1v) is 11.3. The highest BCUT2D eigenvalue weighted by molar-refractivity contribution is 5.66. The molecule has 0 aromatic carbocycles. The van der Waals surface area contributed by atoms with Crippen molar-refractivity contribution in [3.05, 3.63) is 60.6 Å². The average molecular weight is 468 g/mol. The molecule has 3 heterocycles. The lowest BCUT2D eigenvalue weighted by molar-refractivity contribution is -0.150. The van der Waals surface area contributed by atoms with E-state index in [9.17, 15) is 5.26 Å². The molecule has 182 valence electrons. The highest BCUT2D eigenvalue weighted by Crippen LogP contribution is 2.50. The number of hydrogen-bond acceptors (Lipinski definition) is 8. The smallest absolute Gasteiger partial charge is 0.228 e. The number of allylic oxidation sites excluding steroid dienone is 3. The van der Waals surface area contributed by atoms with Gasteiger partial charge in [-0.3, -0.25) is 0 Å². The number of ether oxygens (including phenoxy) is 4. The first-order chi connectivity index (χ1) is 16.5. The van der Waals surface area contributed by atoms with Crippen LogP contribution in [-0.2, 0) is 24.5 Å². The lowest BCUT2D eigenvalue weighted by Crippen LogP contribution is -2.55. The number of hydrogen-bond donors (Lipinski definition) is 1. The lowest BCUT2D eigenvalue weighted by Gasteiger charge is -2.39. The van der Waals surface area contributed by atoms with Crippen molar-refractivity contribution in [1.82, 2.24) is 14.6 Å². The molecule has 0 aliphatic carbocycles. The summed E-state index contributed by atoms with van der Waals surface area (Å²) in [6.07, 6.45) is 11.6. The van der Waals surface area contributed by atoms with E-state index < -0.39 is 23.4 Å². The monoisotopic (exact) mass is 467 g/mol. The summed E-state index contributed by atoms with van der Waals surface area (Å²) in [5.41, 5.74) is 4.35. The van der Waals surface area contributed by atoms with E-state index in [2.05, 4.69) is 16.2 Å². The molecule has 4 atom stereocenters. The Kier molecular flexibility index (Phi) is 8.58. The third kappa shape index (κ3) is 4.63. The molecule has 2 aromatic rings. The molecule has 0 saturated carbocycles. The number of fused-ring (bicyclic) bond motifs is 1. The van der Waals surface area contributed by atoms with E-state index >= 15 is 0 Å². The zero-order valence-corrected chi connectivity index (χ0v) is 20.2. The molecule has 0 amide bonds. The Bertz CT molecular complexity index is 1090. The molecular formula is C25H33N5O4. The topological polar surface area (TPSA) is 117 Å². The van der Waals surface area contributed by atoms with Gasteiger partial charge in [0.25, 0.3) is 0 Å². The van der Waals surface area contributed by atoms with Gasteiger partial charge >= 0.3 is 0 Å². The van der Waals surface area contributed by atoms with Crippen LogP contribution in [0.25, 0.3) is 5.52 Å². The first kappa shape index (κ1) is 25.6. The molecule has 1 aliphatic rings. The maximum atomic E-state index is 10.6. The van der Waals surface area contributed by atoms with E-state index in [0.717, 1.165) is 0 Å². The third-order valence-corrected chi connectivity index (χ3v) is 5.96. The Labute approximate surface area is 200 Å². The van der Waals surface area contributed by atoms with E-state index in [1.165, 1.54) is 6.33 Å². The fraction of sp³-hybridized carbons (Fsp3) is 0.480. The molecule has 9 heteroatoms. The molecule has 0 spiro atoms. The second-order valence-electron chi connectivity index (χ2n) is 8.03. The van der Waals surface area contributed by atoms with Gasteiger partial charge in [0.05, 0.1) is 32.1 Å². The van der Waals surface area contributed by atoms with Crippen molar-refractivity contribution in [2.75, 3.05) is 32.2 Å². The van der Waals surface area contributed by atoms with Crippen LogP contribution in [0.3, 0.4) is 0 Å². The first-order valence-electron chi connectivity index (χ1n) is 11.3. The molecule has 0 unspecified atom stereocenters. The maximum Gasteiger partial charge on any atom is 0.228 e. The van der Waals surface area contributed by atoms with E-state index in [-0.39, 0.29) is 13.2 Å². The molecule has 1 fully saturated rings.